The monoisotopic (exact) mass is 421 g/mol. The summed E-state index contributed by atoms with van der Waals surface area (Å²) in [5.41, 5.74) is 3.75. The summed E-state index contributed by atoms with van der Waals surface area (Å²) in [7, 11) is 0. The molecule has 1 fully saturated rings. The number of fused-ring (bicyclic) bond motifs is 3. The summed E-state index contributed by atoms with van der Waals surface area (Å²) in [4.78, 5) is 29.1. The van der Waals surface area contributed by atoms with Crippen molar-refractivity contribution in [2.45, 2.75) is 64.6 Å². The van der Waals surface area contributed by atoms with Crippen molar-refractivity contribution in [3.8, 4) is 0 Å². The predicted molar refractivity (Wildman–Crippen MR) is 121 cm³/mol. The lowest BCUT2D eigenvalue weighted by Gasteiger charge is -2.44. The van der Waals surface area contributed by atoms with Crippen LogP contribution >= 0.6 is 11.3 Å². The number of hydrogen-bond acceptors (Lipinski definition) is 3. The quantitative estimate of drug-likeness (QED) is 0.661. The Hall–Kier alpha value is -2.60. The Kier molecular flexibility index (Phi) is 4.51. The number of rotatable bonds is 3. The van der Waals surface area contributed by atoms with E-state index >= 15 is 0 Å². The normalized spacial score (nSPS) is 22.0. The molecule has 0 spiro atoms. The lowest BCUT2D eigenvalue weighted by atomic mass is 9.92. The van der Waals surface area contributed by atoms with Crippen LogP contribution in [0.3, 0.4) is 0 Å². The molecule has 1 aliphatic heterocycles. The Bertz CT molecular complexity index is 1150. The van der Waals surface area contributed by atoms with E-state index in [1.807, 2.05) is 54.1 Å². The van der Waals surface area contributed by atoms with Gasteiger partial charge in [-0.05, 0) is 74.4 Å². The van der Waals surface area contributed by atoms with Gasteiger partial charge in [-0.25, -0.2) is 0 Å². The van der Waals surface area contributed by atoms with Crippen LogP contribution < -0.4 is 10.2 Å². The number of benzene rings is 1. The van der Waals surface area contributed by atoms with Crippen molar-refractivity contribution in [1.29, 1.82) is 0 Å². The molecule has 0 radical (unpaired) electrons. The van der Waals surface area contributed by atoms with E-state index in [-0.39, 0.29) is 17.9 Å². The minimum atomic E-state index is -0.998. The number of aromatic nitrogens is 1. The van der Waals surface area contributed by atoms with Gasteiger partial charge in [-0.2, -0.15) is 0 Å². The zero-order chi connectivity index (χ0) is 21.0. The summed E-state index contributed by atoms with van der Waals surface area (Å²) in [6.07, 6.45) is 4.34. The van der Waals surface area contributed by atoms with Crippen LogP contribution in [0, 0.1) is 13.8 Å². The van der Waals surface area contributed by atoms with Crippen molar-refractivity contribution in [2.24, 2.45) is 0 Å². The third-order valence-corrected chi connectivity index (χ3v) is 7.69. The van der Waals surface area contributed by atoms with E-state index in [0.29, 0.717) is 12.2 Å². The third kappa shape index (κ3) is 2.88. The number of hydrogen-bond donors (Lipinski definition) is 1. The molecule has 6 heteroatoms. The zero-order valence-corrected chi connectivity index (χ0v) is 18.5. The van der Waals surface area contributed by atoms with Crippen molar-refractivity contribution in [3.63, 3.8) is 0 Å². The van der Waals surface area contributed by atoms with Gasteiger partial charge < -0.3 is 9.88 Å². The molecule has 0 saturated heterocycles. The van der Waals surface area contributed by atoms with Crippen LogP contribution in [-0.2, 0) is 11.3 Å². The van der Waals surface area contributed by atoms with Gasteiger partial charge in [-0.1, -0.05) is 18.9 Å². The molecule has 5 rings (SSSR count). The molecule has 3 aromatic rings. The van der Waals surface area contributed by atoms with Crippen LogP contribution in [0.5, 0.6) is 0 Å². The summed E-state index contributed by atoms with van der Waals surface area (Å²) < 4.78 is 3.11. The van der Waals surface area contributed by atoms with E-state index in [2.05, 4.69) is 12.2 Å². The minimum absolute atomic E-state index is 0.0660. The molecule has 2 aromatic heterocycles. The van der Waals surface area contributed by atoms with Gasteiger partial charge in [-0.15, -0.1) is 11.3 Å². The maximum atomic E-state index is 13.8. The first-order chi connectivity index (χ1) is 14.4. The summed E-state index contributed by atoms with van der Waals surface area (Å²) in [5.74, 6) is -0.180. The average molecular weight is 422 g/mol. The van der Waals surface area contributed by atoms with Crippen LogP contribution in [0.25, 0.3) is 10.2 Å². The van der Waals surface area contributed by atoms with Crippen molar-refractivity contribution in [3.05, 3.63) is 52.5 Å². The molecular weight excluding hydrogens is 394 g/mol. The maximum absolute atomic E-state index is 13.8. The maximum Gasteiger partial charge on any atom is 0.275 e. The van der Waals surface area contributed by atoms with E-state index < -0.39 is 5.54 Å². The second-order valence-electron chi connectivity index (χ2n) is 8.92. The number of aryl methyl sites for hydroxylation is 2. The van der Waals surface area contributed by atoms with Crippen molar-refractivity contribution < 1.29 is 9.59 Å². The van der Waals surface area contributed by atoms with E-state index in [4.69, 9.17) is 0 Å². The molecule has 1 saturated carbocycles. The van der Waals surface area contributed by atoms with E-state index in [1.54, 1.807) is 16.2 Å². The van der Waals surface area contributed by atoms with Crippen LogP contribution in [-0.4, -0.2) is 28.0 Å². The fourth-order valence-electron chi connectivity index (χ4n) is 4.89. The van der Waals surface area contributed by atoms with Gasteiger partial charge in [0.1, 0.15) is 11.2 Å². The van der Waals surface area contributed by atoms with Crippen molar-refractivity contribution in [2.75, 3.05) is 4.90 Å². The Morgan fingerprint density at radius 3 is 2.63 bits per heavy atom. The molecule has 30 heavy (non-hydrogen) atoms. The fraction of sp³-hybridized carbons (Fsp3) is 0.417. The lowest BCUT2D eigenvalue weighted by Crippen LogP contribution is -2.65. The Morgan fingerprint density at radius 2 is 1.90 bits per heavy atom. The van der Waals surface area contributed by atoms with E-state index in [9.17, 15) is 9.59 Å². The van der Waals surface area contributed by atoms with Gasteiger partial charge >= 0.3 is 0 Å². The molecule has 5 nitrogen and oxygen atoms in total. The van der Waals surface area contributed by atoms with E-state index in [0.717, 1.165) is 47.2 Å². The minimum Gasteiger partial charge on any atom is -0.351 e. The highest BCUT2D eigenvalue weighted by Gasteiger charge is 2.49. The fourth-order valence-corrected chi connectivity index (χ4v) is 5.72. The molecule has 1 aliphatic carbocycles. The topological polar surface area (TPSA) is 54.3 Å². The van der Waals surface area contributed by atoms with Crippen LogP contribution in [0.2, 0.25) is 0 Å². The molecule has 1 aromatic carbocycles. The molecule has 2 aliphatic rings. The first-order valence-corrected chi connectivity index (χ1v) is 11.6. The molecule has 3 heterocycles. The van der Waals surface area contributed by atoms with Gasteiger partial charge in [0.25, 0.3) is 5.91 Å². The summed E-state index contributed by atoms with van der Waals surface area (Å²) >= 11 is 1.63. The predicted octanol–water partition coefficient (Wildman–Crippen LogP) is 4.80. The highest BCUT2D eigenvalue weighted by Crippen LogP contribution is 2.38. The summed E-state index contributed by atoms with van der Waals surface area (Å²) in [6, 6.07) is 10.2. The van der Waals surface area contributed by atoms with Gasteiger partial charge in [-0.3, -0.25) is 14.5 Å². The molecule has 0 bridgehead atoms. The second kappa shape index (κ2) is 6.98. The Balaban J connectivity index is 1.63. The van der Waals surface area contributed by atoms with Crippen LogP contribution in [0.15, 0.2) is 35.7 Å². The number of carbonyl (C=O) groups excluding carboxylic acids is 2. The number of nitrogens with zero attached hydrogens (tertiary/aromatic N) is 2. The molecule has 156 valence electrons. The van der Waals surface area contributed by atoms with Crippen molar-refractivity contribution in [1.82, 2.24) is 9.88 Å². The molecule has 1 unspecified atom stereocenters. The summed E-state index contributed by atoms with van der Waals surface area (Å²) in [5, 5.41) is 5.29. The van der Waals surface area contributed by atoms with Gasteiger partial charge in [0.15, 0.2) is 0 Å². The van der Waals surface area contributed by atoms with Crippen LogP contribution in [0.1, 0.15) is 54.2 Å². The van der Waals surface area contributed by atoms with Crippen LogP contribution in [0.4, 0.5) is 5.69 Å². The lowest BCUT2D eigenvalue weighted by molar-refractivity contribution is -0.127. The first kappa shape index (κ1) is 19.4. The zero-order valence-electron chi connectivity index (χ0n) is 17.7. The number of carbonyl (C=O) groups is 2. The molecule has 1 N–H and O–H groups in total. The van der Waals surface area contributed by atoms with Gasteiger partial charge in [0.2, 0.25) is 5.91 Å². The second-order valence-corrected chi connectivity index (χ2v) is 9.87. The number of anilines is 1. The number of thiophene rings is 1. The molecular formula is C24H27N3O2S. The highest BCUT2D eigenvalue weighted by atomic mass is 32.1. The van der Waals surface area contributed by atoms with Gasteiger partial charge in [0.05, 0.1) is 16.8 Å². The highest BCUT2D eigenvalue weighted by molar-refractivity contribution is 7.17. The average Bonchev–Trinajstić information content (AvgIpc) is 3.43. The molecule has 1 atom stereocenters. The largest absolute Gasteiger partial charge is 0.351 e. The SMILES string of the molecule is Cc1ccc(N2C(=O)c3cc4sccc4n3CC2(C)C(=O)NC2CCCC2)cc1C. The Morgan fingerprint density at radius 1 is 1.13 bits per heavy atom. The standard InChI is InChI=1S/C24H27N3O2S/c1-15-8-9-18(12-16(15)2)27-22(28)20-13-21-19(10-11-30-21)26(20)14-24(27,3)23(29)25-17-6-4-5-7-17/h8-13,17H,4-7,14H2,1-3H3,(H,25,29). The Labute approximate surface area is 180 Å². The van der Waals surface area contributed by atoms with Crippen molar-refractivity contribution >= 4 is 39.1 Å². The smallest absolute Gasteiger partial charge is 0.275 e. The van der Waals surface area contributed by atoms with Gasteiger partial charge in [0, 0.05) is 11.7 Å². The number of nitrogens with one attached hydrogen (secondary N) is 1. The third-order valence-electron chi connectivity index (χ3n) is 6.83. The molecule has 2 amide bonds. The van der Waals surface area contributed by atoms with E-state index in [1.165, 1.54) is 5.56 Å². The number of amides is 2. The summed E-state index contributed by atoms with van der Waals surface area (Å²) in [6.45, 7) is 6.45. The first-order valence-electron chi connectivity index (χ1n) is 10.7.